The molecule has 0 fully saturated rings. The van der Waals surface area contributed by atoms with Crippen LogP contribution in [0, 0.1) is 0 Å². The van der Waals surface area contributed by atoms with Crippen molar-refractivity contribution in [1.29, 1.82) is 0 Å². The topological polar surface area (TPSA) is 104 Å². The maximum atomic E-state index is 10.0. The molecule has 0 bridgehead atoms. The van der Waals surface area contributed by atoms with Gasteiger partial charge in [0.1, 0.15) is 0 Å². The van der Waals surface area contributed by atoms with Crippen LogP contribution in [0.2, 0.25) is 0 Å². The van der Waals surface area contributed by atoms with E-state index in [-0.39, 0.29) is 11.6 Å². The molecule has 0 saturated heterocycles. The zero-order chi connectivity index (χ0) is 7.82. The molecular weight excluding hydrogens is 158 g/mol. The standard InChI is InChI=1S/C8H16O2.H3N.H2O/c1-2-3-4-5-6-7-8(9)10;;/h2-7H2,1H3,(H,9,10);1H3;1H2. The summed E-state index contributed by atoms with van der Waals surface area (Å²) in [5.41, 5.74) is 0. The fourth-order valence-corrected chi connectivity index (χ4v) is 0.880. The van der Waals surface area contributed by atoms with E-state index in [1.807, 2.05) is 0 Å². The highest BCUT2D eigenvalue weighted by Crippen LogP contribution is 2.04. The first-order chi connectivity index (χ1) is 4.77. The molecule has 0 rings (SSSR count). The zero-order valence-electron chi connectivity index (χ0n) is 7.81. The van der Waals surface area contributed by atoms with Gasteiger partial charge in [-0.05, 0) is 6.42 Å². The van der Waals surface area contributed by atoms with Crippen molar-refractivity contribution in [2.24, 2.45) is 0 Å². The van der Waals surface area contributed by atoms with Crippen molar-refractivity contribution in [3.05, 3.63) is 0 Å². The van der Waals surface area contributed by atoms with Gasteiger partial charge in [0, 0.05) is 6.42 Å². The van der Waals surface area contributed by atoms with Crippen molar-refractivity contribution in [1.82, 2.24) is 6.15 Å². The van der Waals surface area contributed by atoms with Gasteiger partial charge in [-0.15, -0.1) is 0 Å². The minimum Gasteiger partial charge on any atom is -0.481 e. The first-order valence-electron chi connectivity index (χ1n) is 3.99. The van der Waals surface area contributed by atoms with E-state index in [0.29, 0.717) is 6.42 Å². The molecule has 76 valence electrons. The molecular formula is C8H21NO3. The van der Waals surface area contributed by atoms with Crippen molar-refractivity contribution in [2.45, 2.75) is 45.4 Å². The number of carboxylic acid groups (broad SMARTS) is 1. The highest BCUT2D eigenvalue weighted by Gasteiger charge is 1.94. The summed E-state index contributed by atoms with van der Waals surface area (Å²) in [5, 5.41) is 8.27. The fourth-order valence-electron chi connectivity index (χ4n) is 0.880. The third kappa shape index (κ3) is 16.2. The lowest BCUT2D eigenvalue weighted by molar-refractivity contribution is -0.137. The summed E-state index contributed by atoms with van der Waals surface area (Å²) in [6, 6.07) is 0. The van der Waals surface area contributed by atoms with Gasteiger partial charge < -0.3 is 16.7 Å². The van der Waals surface area contributed by atoms with Crippen molar-refractivity contribution < 1.29 is 15.4 Å². The molecule has 0 amide bonds. The summed E-state index contributed by atoms with van der Waals surface area (Å²) in [6.45, 7) is 2.15. The maximum Gasteiger partial charge on any atom is 0.303 e. The van der Waals surface area contributed by atoms with Crippen LogP contribution < -0.4 is 6.15 Å². The van der Waals surface area contributed by atoms with E-state index in [4.69, 9.17) is 5.11 Å². The summed E-state index contributed by atoms with van der Waals surface area (Å²) in [5.74, 6) is -0.670. The number of unbranched alkanes of at least 4 members (excludes halogenated alkanes) is 4. The summed E-state index contributed by atoms with van der Waals surface area (Å²) in [6.07, 6.45) is 5.88. The Morgan fingerprint density at radius 3 is 2.08 bits per heavy atom. The van der Waals surface area contributed by atoms with Crippen LogP contribution in [-0.2, 0) is 4.79 Å². The van der Waals surface area contributed by atoms with E-state index >= 15 is 0 Å². The van der Waals surface area contributed by atoms with Crippen molar-refractivity contribution in [3.63, 3.8) is 0 Å². The van der Waals surface area contributed by atoms with Gasteiger partial charge in [0.15, 0.2) is 0 Å². The molecule has 4 nitrogen and oxygen atoms in total. The Bertz CT molecular complexity index is 96.3. The average molecular weight is 179 g/mol. The normalized spacial score (nSPS) is 8.08. The molecule has 0 aliphatic heterocycles. The van der Waals surface area contributed by atoms with E-state index in [9.17, 15) is 4.79 Å². The molecule has 6 N–H and O–H groups in total. The first kappa shape index (κ1) is 17.5. The van der Waals surface area contributed by atoms with Crippen LogP contribution in [0.25, 0.3) is 0 Å². The molecule has 0 unspecified atom stereocenters. The molecule has 0 heterocycles. The molecule has 0 spiro atoms. The quantitative estimate of drug-likeness (QED) is 0.607. The van der Waals surface area contributed by atoms with Crippen LogP contribution in [0.1, 0.15) is 45.4 Å². The second-order valence-electron chi connectivity index (χ2n) is 2.56. The van der Waals surface area contributed by atoms with Crippen LogP contribution in [0.5, 0.6) is 0 Å². The predicted molar refractivity (Wildman–Crippen MR) is 49.6 cm³/mol. The van der Waals surface area contributed by atoms with E-state index in [1.54, 1.807) is 0 Å². The van der Waals surface area contributed by atoms with E-state index in [2.05, 4.69) is 6.92 Å². The Hall–Kier alpha value is -0.610. The lowest BCUT2D eigenvalue weighted by Gasteiger charge is -1.95. The molecule has 0 aromatic rings. The average Bonchev–Trinajstić information content (AvgIpc) is 1.87. The van der Waals surface area contributed by atoms with Crippen molar-refractivity contribution >= 4 is 5.97 Å². The van der Waals surface area contributed by atoms with Gasteiger partial charge in [0.2, 0.25) is 0 Å². The van der Waals surface area contributed by atoms with Crippen LogP contribution in [0.3, 0.4) is 0 Å². The van der Waals surface area contributed by atoms with Gasteiger partial charge >= 0.3 is 5.97 Å². The Morgan fingerprint density at radius 2 is 1.67 bits per heavy atom. The molecule has 0 aromatic heterocycles. The van der Waals surface area contributed by atoms with Gasteiger partial charge in [-0.3, -0.25) is 4.79 Å². The summed E-state index contributed by atoms with van der Waals surface area (Å²) in [4.78, 5) is 10.0. The molecule has 0 atom stereocenters. The van der Waals surface area contributed by atoms with Gasteiger partial charge in [-0.1, -0.05) is 32.6 Å². The molecule has 0 aliphatic rings. The van der Waals surface area contributed by atoms with Gasteiger partial charge in [0.05, 0.1) is 0 Å². The number of rotatable bonds is 6. The van der Waals surface area contributed by atoms with Gasteiger partial charge in [0.25, 0.3) is 0 Å². The van der Waals surface area contributed by atoms with Crippen LogP contribution >= 0.6 is 0 Å². The molecule has 0 aromatic carbocycles. The first-order valence-corrected chi connectivity index (χ1v) is 3.99. The zero-order valence-corrected chi connectivity index (χ0v) is 7.81. The van der Waals surface area contributed by atoms with Gasteiger partial charge in [-0.2, -0.15) is 0 Å². The number of hydrogen-bond acceptors (Lipinski definition) is 2. The summed E-state index contributed by atoms with van der Waals surface area (Å²) in [7, 11) is 0. The number of carbonyl (C=O) groups is 1. The van der Waals surface area contributed by atoms with Crippen LogP contribution in [0.15, 0.2) is 0 Å². The largest absolute Gasteiger partial charge is 0.481 e. The second-order valence-corrected chi connectivity index (χ2v) is 2.56. The highest BCUT2D eigenvalue weighted by molar-refractivity contribution is 5.66. The summed E-state index contributed by atoms with van der Waals surface area (Å²) >= 11 is 0. The fraction of sp³-hybridized carbons (Fsp3) is 0.875. The van der Waals surface area contributed by atoms with Crippen molar-refractivity contribution in [3.8, 4) is 0 Å². The second kappa shape index (κ2) is 13.0. The Balaban J connectivity index is -0.000000405. The Kier molecular flexibility index (Phi) is 18.9. The van der Waals surface area contributed by atoms with E-state index < -0.39 is 5.97 Å². The Labute approximate surface area is 73.9 Å². The minimum atomic E-state index is -0.670. The molecule has 0 aliphatic carbocycles. The number of carboxylic acids is 1. The van der Waals surface area contributed by atoms with Gasteiger partial charge in [-0.25, -0.2) is 0 Å². The highest BCUT2D eigenvalue weighted by atomic mass is 16.4. The lowest BCUT2D eigenvalue weighted by Crippen LogP contribution is -1.93. The third-order valence-electron chi connectivity index (χ3n) is 1.49. The number of aliphatic carboxylic acids is 1. The summed E-state index contributed by atoms with van der Waals surface area (Å²) < 4.78 is 0. The maximum absolute atomic E-state index is 10.0. The minimum absolute atomic E-state index is 0. The molecule has 12 heavy (non-hydrogen) atoms. The van der Waals surface area contributed by atoms with Crippen molar-refractivity contribution in [2.75, 3.05) is 0 Å². The molecule has 0 radical (unpaired) electrons. The predicted octanol–water partition coefficient (Wildman–Crippen LogP) is 1.77. The van der Waals surface area contributed by atoms with E-state index in [0.717, 1.165) is 12.8 Å². The van der Waals surface area contributed by atoms with Crippen LogP contribution in [-0.4, -0.2) is 16.6 Å². The lowest BCUT2D eigenvalue weighted by atomic mass is 10.1. The smallest absolute Gasteiger partial charge is 0.303 e. The SMILES string of the molecule is CCCCCCCC(=O)O.N.O. The number of hydrogen-bond donors (Lipinski definition) is 2. The molecule has 4 heteroatoms. The Morgan fingerprint density at radius 1 is 1.17 bits per heavy atom. The third-order valence-corrected chi connectivity index (χ3v) is 1.49. The van der Waals surface area contributed by atoms with Crippen LogP contribution in [0.4, 0.5) is 0 Å². The van der Waals surface area contributed by atoms with E-state index in [1.165, 1.54) is 19.3 Å². The molecule has 0 saturated carbocycles. The monoisotopic (exact) mass is 179 g/mol.